The molecule has 0 aromatic heterocycles. The van der Waals surface area contributed by atoms with E-state index in [4.69, 9.17) is 0 Å². The molecule has 3 atom stereocenters. The van der Waals surface area contributed by atoms with Gasteiger partial charge in [0.1, 0.15) is 0 Å². The monoisotopic (exact) mass is 399 g/mol. The van der Waals surface area contributed by atoms with Gasteiger partial charge >= 0.3 is 6.03 Å². The quantitative estimate of drug-likeness (QED) is 0.783. The molecule has 7 heteroatoms. The maximum absolute atomic E-state index is 12.6. The van der Waals surface area contributed by atoms with Crippen LogP contribution in [0.5, 0.6) is 0 Å². The SMILES string of the molecule is O=C(NCCc1ccccc1)N1CC2CC1CC2NS(=O)(=O)c1ccccc1. The Labute approximate surface area is 166 Å². The molecule has 2 bridgehead atoms. The van der Waals surface area contributed by atoms with Gasteiger partial charge in [-0.15, -0.1) is 0 Å². The van der Waals surface area contributed by atoms with Crippen molar-refractivity contribution in [1.82, 2.24) is 14.9 Å². The van der Waals surface area contributed by atoms with Crippen molar-refractivity contribution >= 4 is 16.1 Å². The first-order valence-corrected chi connectivity index (χ1v) is 11.2. The van der Waals surface area contributed by atoms with Crippen LogP contribution in [-0.2, 0) is 16.4 Å². The molecule has 2 aliphatic rings. The fourth-order valence-electron chi connectivity index (χ4n) is 4.27. The van der Waals surface area contributed by atoms with Gasteiger partial charge in [0.2, 0.25) is 10.0 Å². The number of likely N-dealkylation sites (tertiary alicyclic amines) is 1. The Morgan fingerprint density at radius 1 is 1.00 bits per heavy atom. The van der Waals surface area contributed by atoms with E-state index < -0.39 is 10.0 Å². The van der Waals surface area contributed by atoms with Crippen molar-refractivity contribution in [2.24, 2.45) is 5.92 Å². The molecule has 1 aliphatic carbocycles. The Kier molecular flexibility index (Phi) is 5.37. The molecular formula is C21H25N3O3S. The molecule has 2 aromatic carbocycles. The van der Waals surface area contributed by atoms with E-state index in [1.165, 1.54) is 5.56 Å². The molecule has 3 unspecified atom stereocenters. The van der Waals surface area contributed by atoms with Crippen LogP contribution in [0.2, 0.25) is 0 Å². The van der Waals surface area contributed by atoms with Crippen molar-refractivity contribution in [3.63, 3.8) is 0 Å². The number of urea groups is 1. The maximum Gasteiger partial charge on any atom is 0.317 e. The largest absolute Gasteiger partial charge is 0.338 e. The van der Waals surface area contributed by atoms with Gasteiger partial charge in [-0.3, -0.25) is 0 Å². The first-order chi connectivity index (χ1) is 13.5. The van der Waals surface area contributed by atoms with Gasteiger partial charge in [-0.25, -0.2) is 17.9 Å². The molecule has 1 saturated heterocycles. The highest BCUT2D eigenvalue weighted by Gasteiger charge is 2.47. The normalized spacial score (nSPS) is 23.7. The summed E-state index contributed by atoms with van der Waals surface area (Å²) in [6, 6.07) is 18.4. The van der Waals surface area contributed by atoms with Crippen molar-refractivity contribution in [1.29, 1.82) is 0 Å². The molecule has 2 N–H and O–H groups in total. The van der Waals surface area contributed by atoms with Crippen LogP contribution < -0.4 is 10.0 Å². The zero-order valence-electron chi connectivity index (χ0n) is 15.6. The number of carbonyl (C=O) groups excluding carboxylic acids is 1. The minimum absolute atomic E-state index is 0.0483. The summed E-state index contributed by atoms with van der Waals surface area (Å²) in [5.41, 5.74) is 1.20. The third kappa shape index (κ3) is 4.05. The number of rotatable bonds is 6. The van der Waals surface area contributed by atoms with Gasteiger partial charge < -0.3 is 10.2 Å². The van der Waals surface area contributed by atoms with E-state index in [1.54, 1.807) is 30.3 Å². The zero-order chi connectivity index (χ0) is 19.6. The van der Waals surface area contributed by atoms with E-state index >= 15 is 0 Å². The summed E-state index contributed by atoms with van der Waals surface area (Å²) in [5.74, 6) is 0.170. The van der Waals surface area contributed by atoms with E-state index in [0.717, 1.165) is 12.8 Å². The molecule has 1 heterocycles. The number of fused-ring (bicyclic) bond motifs is 2. The van der Waals surface area contributed by atoms with Gasteiger partial charge in [-0.2, -0.15) is 0 Å². The molecule has 1 aliphatic heterocycles. The minimum atomic E-state index is -3.52. The third-order valence-corrected chi connectivity index (χ3v) is 7.20. The minimum Gasteiger partial charge on any atom is -0.338 e. The van der Waals surface area contributed by atoms with Crippen molar-refractivity contribution in [2.45, 2.75) is 36.2 Å². The van der Waals surface area contributed by atoms with Crippen LogP contribution in [0, 0.1) is 5.92 Å². The second-order valence-electron chi connectivity index (χ2n) is 7.55. The Hall–Kier alpha value is -2.38. The number of nitrogens with one attached hydrogen (secondary N) is 2. The number of amides is 2. The smallest absolute Gasteiger partial charge is 0.317 e. The summed E-state index contributed by atoms with van der Waals surface area (Å²) < 4.78 is 27.9. The molecule has 2 amide bonds. The van der Waals surface area contributed by atoms with Crippen LogP contribution in [0.1, 0.15) is 18.4 Å². The molecule has 2 fully saturated rings. The van der Waals surface area contributed by atoms with E-state index in [2.05, 4.69) is 10.0 Å². The molecule has 0 radical (unpaired) electrons. The Morgan fingerprint density at radius 2 is 1.68 bits per heavy atom. The fourth-order valence-corrected chi connectivity index (χ4v) is 5.61. The predicted octanol–water partition coefficient (Wildman–Crippen LogP) is 2.38. The van der Waals surface area contributed by atoms with Crippen LogP contribution in [0.3, 0.4) is 0 Å². The van der Waals surface area contributed by atoms with E-state index in [9.17, 15) is 13.2 Å². The van der Waals surface area contributed by atoms with Gasteiger partial charge in [0, 0.05) is 25.2 Å². The third-order valence-electron chi connectivity index (χ3n) is 5.70. The highest BCUT2D eigenvalue weighted by atomic mass is 32.2. The Balaban J connectivity index is 1.28. The molecule has 4 rings (SSSR count). The van der Waals surface area contributed by atoms with Crippen molar-refractivity contribution in [3.05, 3.63) is 66.2 Å². The zero-order valence-corrected chi connectivity index (χ0v) is 16.4. The van der Waals surface area contributed by atoms with Gasteiger partial charge in [0.05, 0.1) is 4.90 Å². The molecular weight excluding hydrogens is 374 g/mol. The second-order valence-corrected chi connectivity index (χ2v) is 9.26. The summed E-state index contributed by atoms with van der Waals surface area (Å²) in [7, 11) is -3.52. The van der Waals surface area contributed by atoms with E-state index in [0.29, 0.717) is 19.5 Å². The lowest BCUT2D eigenvalue weighted by molar-refractivity contribution is 0.175. The Morgan fingerprint density at radius 3 is 2.32 bits per heavy atom. The van der Waals surface area contributed by atoms with Crippen molar-refractivity contribution in [3.8, 4) is 0 Å². The average molecular weight is 400 g/mol. The van der Waals surface area contributed by atoms with Crippen LogP contribution in [0.15, 0.2) is 65.6 Å². The maximum atomic E-state index is 12.6. The lowest BCUT2D eigenvalue weighted by Gasteiger charge is -2.31. The van der Waals surface area contributed by atoms with Crippen LogP contribution in [0.4, 0.5) is 4.79 Å². The van der Waals surface area contributed by atoms with Crippen molar-refractivity contribution < 1.29 is 13.2 Å². The van der Waals surface area contributed by atoms with Gasteiger partial charge in [0.25, 0.3) is 0 Å². The van der Waals surface area contributed by atoms with Crippen LogP contribution in [-0.4, -0.2) is 44.5 Å². The summed E-state index contributed by atoms with van der Waals surface area (Å²) in [4.78, 5) is 14.7. The second kappa shape index (κ2) is 7.93. The summed E-state index contributed by atoms with van der Waals surface area (Å²) in [6.45, 7) is 1.20. The van der Waals surface area contributed by atoms with Crippen molar-refractivity contribution in [2.75, 3.05) is 13.1 Å². The molecule has 148 valence electrons. The van der Waals surface area contributed by atoms with E-state index in [-0.39, 0.29) is 28.9 Å². The molecule has 1 saturated carbocycles. The number of nitrogens with zero attached hydrogens (tertiary/aromatic N) is 1. The number of piperidine rings is 1. The number of carbonyl (C=O) groups is 1. The molecule has 0 spiro atoms. The predicted molar refractivity (Wildman–Crippen MR) is 107 cm³/mol. The molecule has 2 aromatic rings. The first-order valence-electron chi connectivity index (χ1n) is 9.69. The summed E-state index contributed by atoms with van der Waals surface area (Å²) in [6.07, 6.45) is 2.32. The van der Waals surface area contributed by atoms with Crippen LogP contribution in [0.25, 0.3) is 0 Å². The van der Waals surface area contributed by atoms with Gasteiger partial charge in [-0.1, -0.05) is 48.5 Å². The fraction of sp³-hybridized carbons (Fsp3) is 0.381. The molecule has 28 heavy (non-hydrogen) atoms. The number of hydrogen-bond donors (Lipinski definition) is 2. The highest BCUT2D eigenvalue weighted by molar-refractivity contribution is 7.89. The van der Waals surface area contributed by atoms with Gasteiger partial charge in [0.15, 0.2) is 0 Å². The lowest BCUT2D eigenvalue weighted by atomic mass is 10.0. The lowest BCUT2D eigenvalue weighted by Crippen LogP contribution is -2.50. The highest BCUT2D eigenvalue weighted by Crippen LogP contribution is 2.38. The first kappa shape index (κ1) is 19.0. The number of hydrogen-bond acceptors (Lipinski definition) is 3. The summed E-state index contributed by atoms with van der Waals surface area (Å²) in [5, 5.41) is 3.00. The Bertz CT molecular complexity index is 918. The average Bonchev–Trinajstić information content (AvgIpc) is 3.29. The van der Waals surface area contributed by atoms with Gasteiger partial charge in [-0.05, 0) is 42.9 Å². The summed E-state index contributed by atoms with van der Waals surface area (Å²) >= 11 is 0. The topological polar surface area (TPSA) is 78.5 Å². The number of benzene rings is 2. The molecule has 6 nitrogen and oxygen atoms in total. The standard InChI is InChI=1S/C21H25N3O3S/c25-21(22-12-11-16-7-3-1-4-8-16)24-15-17-13-18(24)14-20(17)23-28(26,27)19-9-5-2-6-10-19/h1-10,17-18,20,23H,11-15H2,(H,22,25). The van der Waals surface area contributed by atoms with E-state index in [1.807, 2.05) is 35.2 Å². The van der Waals surface area contributed by atoms with Crippen LogP contribution >= 0.6 is 0 Å². The number of sulfonamides is 1.